The second-order valence-corrected chi connectivity index (χ2v) is 4.10. The maximum atomic E-state index is 12.1. The third-order valence-corrected chi connectivity index (χ3v) is 2.57. The van der Waals surface area contributed by atoms with E-state index in [9.17, 15) is 4.79 Å². The molecular formula is C15H15N3O2. The van der Waals surface area contributed by atoms with Crippen LogP contribution in [0.2, 0.25) is 0 Å². The summed E-state index contributed by atoms with van der Waals surface area (Å²) in [5, 5.41) is 2.75. The lowest BCUT2D eigenvalue weighted by Gasteiger charge is -2.04. The topological polar surface area (TPSA) is 81.2 Å². The summed E-state index contributed by atoms with van der Waals surface area (Å²) in [6.45, 7) is 2.40. The highest BCUT2D eigenvalue weighted by molar-refractivity contribution is 5.94. The number of nitrogens with one attached hydrogen (secondary N) is 1. The minimum atomic E-state index is -0.291. The zero-order valence-corrected chi connectivity index (χ0v) is 11.1. The Bertz CT molecular complexity index is 665. The van der Waals surface area contributed by atoms with Crippen LogP contribution in [0.3, 0.4) is 0 Å². The molecule has 2 rings (SSSR count). The molecule has 2 aromatic heterocycles. The van der Waals surface area contributed by atoms with Gasteiger partial charge >= 0.3 is 0 Å². The molecule has 0 radical (unpaired) electrons. The molecule has 0 saturated carbocycles. The summed E-state index contributed by atoms with van der Waals surface area (Å²) in [6, 6.07) is 7.14. The van der Waals surface area contributed by atoms with Crippen LogP contribution in [-0.2, 0) is 6.54 Å². The first-order valence-electron chi connectivity index (χ1n) is 6.18. The van der Waals surface area contributed by atoms with Gasteiger partial charge in [0.05, 0.1) is 18.7 Å². The van der Waals surface area contributed by atoms with Crippen LogP contribution in [0.25, 0.3) is 0 Å². The van der Waals surface area contributed by atoms with E-state index < -0.39 is 0 Å². The average molecular weight is 269 g/mol. The van der Waals surface area contributed by atoms with Crippen LogP contribution in [0.1, 0.15) is 27.6 Å². The molecule has 0 fully saturated rings. The van der Waals surface area contributed by atoms with Crippen LogP contribution >= 0.6 is 0 Å². The summed E-state index contributed by atoms with van der Waals surface area (Å²) in [5.41, 5.74) is 6.18. The number of aryl methyl sites for hydroxylation is 1. The summed E-state index contributed by atoms with van der Waals surface area (Å²) in [6.07, 6.45) is 1.56. The van der Waals surface area contributed by atoms with E-state index >= 15 is 0 Å². The molecule has 2 heterocycles. The Morgan fingerprint density at radius 2 is 2.30 bits per heavy atom. The summed E-state index contributed by atoms with van der Waals surface area (Å²) in [4.78, 5) is 16.2. The number of amides is 1. The Balaban J connectivity index is 2.09. The monoisotopic (exact) mass is 269 g/mol. The van der Waals surface area contributed by atoms with Gasteiger partial charge in [0.25, 0.3) is 5.91 Å². The van der Waals surface area contributed by atoms with Crippen molar-refractivity contribution < 1.29 is 9.21 Å². The Morgan fingerprint density at radius 1 is 1.45 bits per heavy atom. The van der Waals surface area contributed by atoms with E-state index in [1.165, 1.54) is 0 Å². The summed E-state index contributed by atoms with van der Waals surface area (Å²) >= 11 is 0. The second-order valence-electron chi connectivity index (χ2n) is 4.10. The fourth-order valence-electron chi connectivity index (χ4n) is 1.66. The van der Waals surface area contributed by atoms with Crippen LogP contribution < -0.4 is 11.1 Å². The van der Waals surface area contributed by atoms with E-state index in [2.05, 4.69) is 22.1 Å². The predicted molar refractivity (Wildman–Crippen MR) is 74.8 cm³/mol. The summed E-state index contributed by atoms with van der Waals surface area (Å²) in [5.74, 6) is 6.76. The molecule has 3 N–H and O–H groups in total. The van der Waals surface area contributed by atoms with Crippen molar-refractivity contribution in [2.45, 2.75) is 13.5 Å². The molecule has 5 nitrogen and oxygen atoms in total. The Kier molecular flexibility index (Phi) is 4.53. The largest absolute Gasteiger partial charge is 0.465 e. The first-order valence-corrected chi connectivity index (χ1v) is 6.18. The maximum Gasteiger partial charge on any atom is 0.271 e. The summed E-state index contributed by atoms with van der Waals surface area (Å²) < 4.78 is 5.39. The molecule has 0 unspecified atom stereocenters. The number of nitrogens with two attached hydrogens (primary N) is 1. The molecule has 0 atom stereocenters. The van der Waals surface area contributed by atoms with Gasteiger partial charge < -0.3 is 15.5 Å². The highest BCUT2D eigenvalue weighted by Gasteiger charge is 2.11. The molecule has 0 bridgehead atoms. The highest BCUT2D eigenvalue weighted by atomic mass is 16.3. The van der Waals surface area contributed by atoms with Crippen molar-refractivity contribution >= 4 is 5.91 Å². The zero-order valence-electron chi connectivity index (χ0n) is 11.1. The molecule has 1 amide bonds. The van der Waals surface area contributed by atoms with Crippen molar-refractivity contribution in [3.8, 4) is 11.8 Å². The van der Waals surface area contributed by atoms with Gasteiger partial charge in [0.2, 0.25) is 0 Å². The van der Waals surface area contributed by atoms with Crippen molar-refractivity contribution in [2.24, 2.45) is 5.73 Å². The number of hydrogen-bond donors (Lipinski definition) is 2. The van der Waals surface area contributed by atoms with Crippen LogP contribution in [-0.4, -0.2) is 17.4 Å². The molecule has 0 saturated heterocycles. The smallest absolute Gasteiger partial charge is 0.271 e. The molecule has 0 aliphatic carbocycles. The number of rotatable bonds is 3. The SMILES string of the molecule is Cc1ccc(CNC(=O)c2ncccc2C#CCN)o1. The van der Waals surface area contributed by atoms with Crippen molar-refractivity contribution in [2.75, 3.05) is 6.54 Å². The fourth-order valence-corrected chi connectivity index (χ4v) is 1.66. The van der Waals surface area contributed by atoms with Gasteiger partial charge in [-0.2, -0.15) is 0 Å². The molecule has 0 aromatic carbocycles. The van der Waals surface area contributed by atoms with Crippen LogP contribution in [0.15, 0.2) is 34.9 Å². The van der Waals surface area contributed by atoms with Gasteiger partial charge in [0.15, 0.2) is 0 Å². The molecule has 102 valence electrons. The molecule has 0 aliphatic heterocycles. The number of carbonyl (C=O) groups excluding carboxylic acids is 1. The van der Waals surface area contributed by atoms with E-state index in [4.69, 9.17) is 10.2 Å². The van der Waals surface area contributed by atoms with Crippen molar-refractivity contribution in [3.63, 3.8) is 0 Å². The lowest BCUT2D eigenvalue weighted by molar-refractivity contribution is 0.0942. The van der Waals surface area contributed by atoms with Gasteiger partial charge in [-0.05, 0) is 31.2 Å². The summed E-state index contributed by atoms with van der Waals surface area (Å²) in [7, 11) is 0. The minimum Gasteiger partial charge on any atom is -0.465 e. The molecular weight excluding hydrogens is 254 g/mol. The predicted octanol–water partition coefficient (Wildman–Crippen LogP) is 1.22. The molecule has 20 heavy (non-hydrogen) atoms. The van der Waals surface area contributed by atoms with Gasteiger partial charge in [0.1, 0.15) is 17.2 Å². The third kappa shape index (κ3) is 3.46. The van der Waals surface area contributed by atoms with E-state index in [1.807, 2.05) is 19.1 Å². The van der Waals surface area contributed by atoms with Gasteiger partial charge in [-0.15, -0.1) is 0 Å². The quantitative estimate of drug-likeness (QED) is 0.821. The van der Waals surface area contributed by atoms with Crippen molar-refractivity contribution in [3.05, 3.63) is 53.2 Å². The first kappa shape index (κ1) is 13.8. The number of nitrogens with zero attached hydrogens (tertiary/aromatic N) is 1. The Labute approximate surface area is 117 Å². The normalized spacial score (nSPS) is 9.70. The number of furan rings is 1. The van der Waals surface area contributed by atoms with Gasteiger partial charge in [-0.25, -0.2) is 4.98 Å². The van der Waals surface area contributed by atoms with E-state index in [0.717, 1.165) is 5.76 Å². The minimum absolute atomic E-state index is 0.238. The second kappa shape index (κ2) is 6.55. The number of carbonyl (C=O) groups is 1. The van der Waals surface area contributed by atoms with Gasteiger partial charge in [-0.1, -0.05) is 11.8 Å². The number of pyridine rings is 1. The zero-order chi connectivity index (χ0) is 14.4. The van der Waals surface area contributed by atoms with Crippen molar-refractivity contribution in [1.29, 1.82) is 0 Å². The van der Waals surface area contributed by atoms with Crippen LogP contribution in [0.4, 0.5) is 0 Å². The molecule has 5 heteroatoms. The first-order chi connectivity index (χ1) is 9.70. The molecule has 0 aliphatic rings. The molecule has 0 spiro atoms. The lowest BCUT2D eigenvalue weighted by Crippen LogP contribution is -2.24. The molecule has 2 aromatic rings. The number of hydrogen-bond acceptors (Lipinski definition) is 4. The number of aromatic nitrogens is 1. The van der Waals surface area contributed by atoms with Gasteiger partial charge in [0, 0.05) is 6.20 Å². The van der Waals surface area contributed by atoms with Gasteiger partial charge in [-0.3, -0.25) is 4.79 Å². The Morgan fingerprint density at radius 3 is 3.00 bits per heavy atom. The van der Waals surface area contributed by atoms with E-state index in [1.54, 1.807) is 18.3 Å². The van der Waals surface area contributed by atoms with Crippen LogP contribution in [0.5, 0.6) is 0 Å². The van der Waals surface area contributed by atoms with Crippen molar-refractivity contribution in [1.82, 2.24) is 10.3 Å². The maximum absolute atomic E-state index is 12.1. The average Bonchev–Trinajstić information content (AvgIpc) is 2.88. The standard InChI is InChI=1S/C15H15N3O2/c1-11-6-7-13(20-11)10-18-15(19)14-12(4-2-8-16)5-3-9-17-14/h3,5-7,9H,8,10,16H2,1H3,(H,18,19). The lowest BCUT2D eigenvalue weighted by atomic mass is 10.2. The third-order valence-electron chi connectivity index (χ3n) is 2.57. The van der Waals surface area contributed by atoms with E-state index in [-0.39, 0.29) is 18.1 Å². The Hall–Kier alpha value is -2.58. The fraction of sp³-hybridized carbons (Fsp3) is 0.200. The van der Waals surface area contributed by atoms with Crippen LogP contribution in [0, 0.1) is 18.8 Å². The van der Waals surface area contributed by atoms with E-state index in [0.29, 0.717) is 17.9 Å². The highest BCUT2D eigenvalue weighted by Crippen LogP contribution is 2.07.